The number of hydrogen-bond acceptors (Lipinski definition) is 7. The van der Waals surface area contributed by atoms with Gasteiger partial charge in [-0.3, -0.25) is 9.56 Å². The first kappa shape index (κ1) is 17.1. The monoisotopic (exact) mass is 290 g/mol. The molecular formula is C11H15N4NaO4. The van der Waals surface area contributed by atoms with Crippen molar-refractivity contribution in [1.29, 1.82) is 0 Å². The molecule has 0 amide bonds. The molecule has 8 nitrogen and oxygen atoms in total. The number of imidazole rings is 1. The summed E-state index contributed by atoms with van der Waals surface area (Å²) in [6, 6.07) is 0. The third-order valence-corrected chi connectivity index (χ3v) is 2.65. The van der Waals surface area contributed by atoms with E-state index < -0.39 is 12.1 Å². The summed E-state index contributed by atoms with van der Waals surface area (Å²) in [4.78, 5) is 18.3. The second kappa shape index (κ2) is 8.38. The number of rotatable bonds is 6. The van der Waals surface area contributed by atoms with Gasteiger partial charge >= 0.3 is 29.6 Å². The fraction of sp³-hybridized carbons (Fsp3) is 0.545. The van der Waals surface area contributed by atoms with E-state index in [1.54, 1.807) is 10.9 Å². The van der Waals surface area contributed by atoms with E-state index in [0.29, 0.717) is 24.5 Å². The number of nitrogens with zero attached hydrogens (tertiary/aromatic N) is 3. The van der Waals surface area contributed by atoms with Gasteiger partial charge in [-0.2, -0.15) is 0 Å². The van der Waals surface area contributed by atoms with Crippen molar-refractivity contribution in [3.05, 3.63) is 12.0 Å². The molecule has 2 heterocycles. The topological polar surface area (TPSA) is 112 Å². The molecule has 1 unspecified atom stereocenters. The molecule has 2 N–H and O–H groups in total. The molecule has 0 spiro atoms. The number of ether oxygens (including phenoxy) is 1. The zero-order chi connectivity index (χ0) is 13.7. The molecule has 0 bridgehead atoms. The summed E-state index contributed by atoms with van der Waals surface area (Å²) in [7, 11) is 0. The van der Waals surface area contributed by atoms with Gasteiger partial charge in [-0.1, -0.05) is 0 Å². The number of hydrogen-bond donors (Lipinski definition) is 2. The van der Waals surface area contributed by atoms with E-state index in [-0.39, 0.29) is 49.3 Å². The van der Waals surface area contributed by atoms with E-state index in [9.17, 15) is 15.0 Å². The minimum Gasteiger partial charge on any atom is -0.550 e. The molecule has 1 atom stereocenters. The average molecular weight is 290 g/mol. The van der Waals surface area contributed by atoms with Crippen molar-refractivity contribution in [3.8, 4) is 0 Å². The van der Waals surface area contributed by atoms with Crippen molar-refractivity contribution in [2.24, 2.45) is 4.99 Å². The second-order valence-corrected chi connectivity index (χ2v) is 4.12. The zero-order valence-electron chi connectivity index (χ0n) is 11.3. The molecule has 2 rings (SSSR count). The summed E-state index contributed by atoms with van der Waals surface area (Å²) < 4.78 is 7.03. The van der Waals surface area contributed by atoms with E-state index in [1.807, 2.05) is 0 Å². The maximum absolute atomic E-state index is 10.2. The fourth-order valence-electron chi connectivity index (χ4n) is 1.72. The number of carbonyl (C=O) groups excluding carboxylic acids is 1. The van der Waals surface area contributed by atoms with Gasteiger partial charge in [0.2, 0.25) is 0 Å². The van der Waals surface area contributed by atoms with Gasteiger partial charge < -0.3 is 25.1 Å². The number of fused-ring (bicyclic) bond motifs is 1. The summed E-state index contributed by atoms with van der Waals surface area (Å²) >= 11 is 0. The van der Waals surface area contributed by atoms with E-state index in [0.717, 1.165) is 0 Å². The first-order chi connectivity index (χ1) is 9.18. The van der Waals surface area contributed by atoms with Crippen LogP contribution in [-0.4, -0.2) is 40.1 Å². The summed E-state index contributed by atoms with van der Waals surface area (Å²) in [5.74, 6) is -0.449. The maximum atomic E-state index is 10.2. The Morgan fingerprint density at radius 1 is 1.65 bits per heavy atom. The third kappa shape index (κ3) is 4.57. The van der Waals surface area contributed by atoms with Crippen LogP contribution in [0.15, 0.2) is 11.3 Å². The number of aliphatic hydroxyl groups is 1. The third-order valence-electron chi connectivity index (χ3n) is 2.65. The van der Waals surface area contributed by atoms with Crippen LogP contribution < -0.4 is 40.0 Å². The number of aliphatic carboxylic acids is 1. The van der Waals surface area contributed by atoms with Crippen molar-refractivity contribution in [3.63, 3.8) is 0 Å². The summed E-state index contributed by atoms with van der Waals surface area (Å²) in [5, 5.41) is 22.9. The van der Waals surface area contributed by atoms with Crippen molar-refractivity contribution in [2.45, 2.75) is 25.7 Å². The molecule has 0 aliphatic carbocycles. The Morgan fingerprint density at radius 3 is 3.20 bits per heavy atom. The zero-order valence-corrected chi connectivity index (χ0v) is 13.3. The van der Waals surface area contributed by atoms with Crippen LogP contribution >= 0.6 is 0 Å². The Hall–Kier alpha value is -0.930. The number of aliphatic imine (C=N–C) groups is 1. The van der Waals surface area contributed by atoms with Gasteiger partial charge in [0.15, 0.2) is 0 Å². The van der Waals surface area contributed by atoms with Crippen LogP contribution in [0.5, 0.6) is 0 Å². The van der Waals surface area contributed by atoms with Crippen LogP contribution in [-0.2, 0) is 16.3 Å². The summed E-state index contributed by atoms with van der Waals surface area (Å²) in [5.41, 5.74) is 0.524. The largest absolute Gasteiger partial charge is 1.00 e. The molecule has 0 fully saturated rings. The molecule has 20 heavy (non-hydrogen) atoms. The van der Waals surface area contributed by atoms with E-state index in [1.165, 1.54) is 6.34 Å². The Labute approximate surface area is 138 Å². The number of nitrogens with one attached hydrogen (secondary N) is 1. The molecule has 9 heteroatoms. The van der Waals surface area contributed by atoms with E-state index in [2.05, 4.69) is 15.3 Å². The minimum atomic E-state index is -1.08. The van der Waals surface area contributed by atoms with Gasteiger partial charge in [0.05, 0.1) is 19.2 Å². The van der Waals surface area contributed by atoms with Crippen molar-refractivity contribution in [2.75, 3.05) is 18.5 Å². The van der Waals surface area contributed by atoms with Crippen molar-refractivity contribution >= 4 is 18.1 Å². The van der Waals surface area contributed by atoms with Crippen LogP contribution in [0.2, 0.25) is 0 Å². The summed E-state index contributed by atoms with van der Waals surface area (Å²) in [6.07, 6.45) is 2.70. The number of anilines is 1. The van der Waals surface area contributed by atoms with Gasteiger partial charge in [0.25, 0.3) is 0 Å². The van der Waals surface area contributed by atoms with Crippen molar-refractivity contribution in [1.82, 2.24) is 9.55 Å². The standard InChI is InChI=1S/C11H16N4O4.Na/c16-8-4-12-5-13-11-10(8)14-6-15(11)7-19-3-1-2-9(17)18;/h5-6,8,16H,1-4,7H2,(H,12,13)(H,17,18);/q;+1/p-1. The molecule has 104 valence electrons. The predicted molar refractivity (Wildman–Crippen MR) is 64.4 cm³/mol. The SMILES string of the molecule is O=C([O-])CCCOCn1cnc2c1NC=NCC2O.[Na+]. The normalized spacial score (nSPS) is 16.8. The fourth-order valence-corrected chi connectivity index (χ4v) is 1.72. The van der Waals surface area contributed by atoms with Crippen LogP contribution in [0.4, 0.5) is 5.82 Å². The number of carboxylic acids is 1. The molecule has 0 aromatic carbocycles. The van der Waals surface area contributed by atoms with Gasteiger partial charge in [-0.25, -0.2) is 4.98 Å². The summed E-state index contributed by atoms with van der Waals surface area (Å²) in [6.45, 7) is 0.810. The van der Waals surface area contributed by atoms with Crippen LogP contribution in [0.3, 0.4) is 0 Å². The molecule has 1 aromatic heterocycles. The Morgan fingerprint density at radius 2 is 2.45 bits per heavy atom. The Kier molecular flexibility index (Phi) is 7.17. The maximum Gasteiger partial charge on any atom is 1.00 e. The van der Waals surface area contributed by atoms with Crippen LogP contribution in [0.1, 0.15) is 24.6 Å². The van der Waals surface area contributed by atoms with Crippen LogP contribution in [0.25, 0.3) is 0 Å². The first-order valence-corrected chi connectivity index (χ1v) is 5.94. The molecular weight excluding hydrogens is 275 g/mol. The quantitative estimate of drug-likeness (QED) is 0.407. The smallest absolute Gasteiger partial charge is 0.550 e. The molecule has 0 radical (unpaired) electrons. The second-order valence-electron chi connectivity index (χ2n) is 4.12. The van der Waals surface area contributed by atoms with Gasteiger partial charge in [0.1, 0.15) is 24.3 Å². The number of carboxylic acid groups (broad SMARTS) is 1. The van der Waals surface area contributed by atoms with E-state index in [4.69, 9.17) is 4.74 Å². The molecule has 1 aliphatic rings. The van der Waals surface area contributed by atoms with E-state index >= 15 is 0 Å². The van der Waals surface area contributed by atoms with Gasteiger partial charge in [0, 0.05) is 12.6 Å². The molecule has 1 aromatic rings. The number of aliphatic hydroxyl groups excluding tert-OH is 1. The Balaban J connectivity index is 0.00000200. The molecule has 0 saturated carbocycles. The van der Waals surface area contributed by atoms with Gasteiger partial charge in [-0.05, 0) is 12.8 Å². The average Bonchev–Trinajstić information content (AvgIpc) is 2.67. The van der Waals surface area contributed by atoms with Crippen molar-refractivity contribution < 1.29 is 49.3 Å². The van der Waals surface area contributed by atoms with Crippen LogP contribution in [0, 0.1) is 0 Å². The minimum absolute atomic E-state index is 0. The number of aromatic nitrogens is 2. The first-order valence-electron chi connectivity index (χ1n) is 5.94. The Bertz CT molecular complexity index is 477. The molecule has 1 aliphatic heterocycles. The number of carbonyl (C=O) groups is 1. The van der Waals surface area contributed by atoms with Gasteiger partial charge in [-0.15, -0.1) is 0 Å². The predicted octanol–water partition coefficient (Wildman–Crippen LogP) is -4.12. The molecule has 0 saturated heterocycles.